The van der Waals surface area contributed by atoms with Gasteiger partial charge in [-0.25, -0.2) is 0 Å². The van der Waals surface area contributed by atoms with Crippen LogP contribution in [0.4, 0.5) is 0 Å². The molecule has 0 aliphatic carbocycles. The largest absolute Gasteiger partial charge is 0.507 e. The Labute approximate surface area is 108 Å². The van der Waals surface area contributed by atoms with Crippen LogP contribution in [0.5, 0.6) is 5.75 Å². The summed E-state index contributed by atoms with van der Waals surface area (Å²) in [5.74, 6) is -0.136. The first-order valence-electron chi connectivity index (χ1n) is 6.07. The number of carbonyl (C=O) groups is 1. The first-order valence-corrected chi connectivity index (χ1v) is 6.07. The van der Waals surface area contributed by atoms with Crippen molar-refractivity contribution < 1.29 is 14.6 Å². The SMILES string of the molecule is COCCN(C(=O)c1ccc(C)cc1O)C(C)C. The summed E-state index contributed by atoms with van der Waals surface area (Å²) in [6, 6.07) is 5.15. The van der Waals surface area contributed by atoms with Crippen LogP contribution in [-0.2, 0) is 4.74 Å². The van der Waals surface area contributed by atoms with Gasteiger partial charge in [0.25, 0.3) is 5.91 Å². The molecule has 0 aliphatic heterocycles. The summed E-state index contributed by atoms with van der Waals surface area (Å²) >= 11 is 0. The Hall–Kier alpha value is -1.55. The molecule has 0 aliphatic rings. The topological polar surface area (TPSA) is 49.8 Å². The van der Waals surface area contributed by atoms with E-state index >= 15 is 0 Å². The highest BCUT2D eigenvalue weighted by molar-refractivity contribution is 5.97. The lowest BCUT2D eigenvalue weighted by atomic mass is 10.1. The summed E-state index contributed by atoms with van der Waals surface area (Å²) < 4.78 is 5.00. The molecule has 0 atom stereocenters. The van der Waals surface area contributed by atoms with Crippen molar-refractivity contribution >= 4 is 5.91 Å². The molecule has 0 saturated heterocycles. The van der Waals surface area contributed by atoms with Crippen LogP contribution in [0.1, 0.15) is 29.8 Å². The average molecular weight is 251 g/mol. The number of phenols is 1. The van der Waals surface area contributed by atoms with E-state index in [0.29, 0.717) is 18.7 Å². The predicted octanol–water partition coefficient (Wildman–Crippen LogP) is 2.20. The summed E-state index contributed by atoms with van der Waals surface area (Å²) in [5.41, 5.74) is 1.27. The summed E-state index contributed by atoms with van der Waals surface area (Å²) in [5, 5.41) is 9.84. The zero-order valence-corrected chi connectivity index (χ0v) is 11.4. The number of aryl methyl sites for hydroxylation is 1. The number of phenolic OH excluding ortho intramolecular Hbond substituents is 1. The molecule has 0 spiro atoms. The molecule has 100 valence electrons. The molecule has 4 nitrogen and oxygen atoms in total. The third-order valence-corrected chi connectivity index (χ3v) is 2.80. The fourth-order valence-electron chi connectivity index (χ4n) is 1.76. The third kappa shape index (κ3) is 3.47. The molecule has 1 aromatic rings. The minimum atomic E-state index is -0.167. The molecule has 0 saturated carbocycles. The summed E-state index contributed by atoms with van der Waals surface area (Å²) in [6.45, 7) is 6.76. The number of ether oxygens (including phenoxy) is 1. The van der Waals surface area contributed by atoms with Crippen LogP contribution in [0.2, 0.25) is 0 Å². The maximum Gasteiger partial charge on any atom is 0.257 e. The molecule has 18 heavy (non-hydrogen) atoms. The van der Waals surface area contributed by atoms with Gasteiger partial charge in [-0.15, -0.1) is 0 Å². The van der Waals surface area contributed by atoms with Crippen molar-refractivity contribution in [3.63, 3.8) is 0 Å². The molecule has 0 radical (unpaired) electrons. The van der Waals surface area contributed by atoms with Crippen molar-refractivity contribution in [2.75, 3.05) is 20.3 Å². The number of benzene rings is 1. The number of carbonyl (C=O) groups excluding carboxylic acids is 1. The molecule has 0 fully saturated rings. The number of methoxy groups -OCH3 is 1. The predicted molar refractivity (Wildman–Crippen MR) is 70.9 cm³/mol. The molecule has 4 heteroatoms. The second kappa shape index (κ2) is 6.40. The monoisotopic (exact) mass is 251 g/mol. The number of amides is 1. The van der Waals surface area contributed by atoms with Crippen molar-refractivity contribution in [2.45, 2.75) is 26.8 Å². The van der Waals surface area contributed by atoms with Crippen molar-refractivity contribution in [3.8, 4) is 5.75 Å². The lowest BCUT2D eigenvalue weighted by molar-refractivity contribution is 0.0632. The van der Waals surface area contributed by atoms with Crippen LogP contribution in [0.3, 0.4) is 0 Å². The van der Waals surface area contributed by atoms with E-state index in [1.807, 2.05) is 26.8 Å². The highest BCUT2D eigenvalue weighted by Gasteiger charge is 2.20. The van der Waals surface area contributed by atoms with Crippen molar-refractivity contribution in [1.82, 2.24) is 4.90 Å². The summed E-state index contributed by atoms with van der Waals surface area (Å²) in [7, 11) is 1.60. The van der Waals surface area contributed by atoms with Crippen molar-refractivity contribution in [1.29, 1.82) is 0 Å². The Morgan fingerprint density at radius 1 is 1.44 bits per heavy atom. The van der Waals surface area contributed by atoms with Gasteiger partial charge < -0.3 is 14.7 Å². The second-order valence-corrected chi connectivity index (χ2v) is 4.61. The molecule has 1 rings (SSSR count). The minimum Gasteiger partial charge on any atom is -0.507 e. The Balaban J connectivity index is 2.94. The van der Waals surface area contributed by atoms with Crippen LogP contribution >= 0.6 is 0 Å². The number of hydrogen-bond acceptors (Lipinski definition) is 3. The smallest absolute Gasteiger partial charge is 0.257 e. The number of nitrogens with zero attached hydrogens (tertiary/aromatic N) is 1. The first-order chi connectivity index (χ1) is 8.47. The van der Waals surface area contributed by atoms with Crippen LogP contribution in [0.25, 0.3) is 0 Å². The Bertz CT molecular complexity index is 416. The van der Waals surface area contributed by atoms with E-state index in [0.717, 1.165) is 5.56 Å². The van der Waals surface area contributed by atoms with Gasteiger partial charge in [-0.2, -0.15) is 0 Å². The van der Waals surface area contributed by atoms with Gasteiger partial charge in [0.2, 0.25) is 0 Å². The van der Waals surface area contributed by atoms with E-state index in [4.69, 9.17) is 4.74 Å². The van der Waals surface area contributed by atoms with Crippen LogP contribution in [0.15, 0.2) is 18.2 Å². The van der Waals surface area contributed by atoms with Gasteiger partial charge in [-0.3, -0.25) is 4.79 Å². The van der Waals surface area contributed by atoms with Crippen LogP contribution < -0.4 is 0 Å². The average Bonchev–Trinajstić information content (AvgIpc) is 2.28. The number of rotatable bonds is 5. The van der Waals surface area contributed by atoms with Crippen molar-refractivity contribution in [2.24, 2.45) is 0 Å². The van der Waals surface area contributed by atoms with Gasteiger partial charge in [-0.1, -0.05) is 6.07 Å². The highest BCUT2D eigenvalue weighted by atomic mass is 16.5. The molecule has 1 amide bonds. The molecule has 1 N–H and O–H groups in total. The van der Waals surface area contributed by atoms with Gasteiger partial charge in [0.15, 0.2) is 0 Å². The van der Waals surface area contributed by atoms with Gasteiger partial charge in [0, 0.05) is 19.7 Å². The van der Waals surface area contributed by atoms with E-state index in [1.165, 1.54) is 0 Å². The van der Waals surface area contributed by atoms with Crippen molar-refractivity contribution in [3.05, 3.63) is 29.3 Å². The van der Waals surface area contributed by atoms with Crippen LogP contribution in [-0.4, -0.2) is 42.2 Å². The zero-order valence-electron chi connectivity index (χ0n) is 11.4. The Morgan fingerprint density at radius 2 is 2.11 bits per heavy atom. The second-order valence-electron chi connectivity index (χ2n) is 4.61. The van der Waals surface area contributed by atoms with Gasteiger partial charge in [-0.05, 0) is 38.5 Å². The molecule has 0 heterocycles. The fraction of sp³-hybridized carbons (Fsp3) is 0.500. The van der Waals surface area contributed by atoms with Gasteiger partial charge in [0.1, 0.15) is 5.75 Å². The lowest BCUT2D eigenvalue weighted by Crippen LogP contribution is -2.39. The fourth-order valence-corrected chi connectivity index (χ4v) is 1.76. The number of hydrogen-bond donors (Lipinski definition) is 1. The van der Waals surface area contributed by atoms with E-state index in [-0.39, 0.29) is 17.7 Å². The lowest BCUT2D eigenvalue weighted by Gasteiger charge is -2.26. The molecular weight excluding hydrogens is 230 g/mol. The third-order valence-electron chi connectivity index (χ3n) is 2.80. The Kier molecular flexibility index (Phi) is 5.16. The van der Waals surface area contributed by atoms with E-state index in [1.54, 1.807) is 24.1 Å². The minimum absolute atomic E-state index is 0.0306. The molecule has 0 unspecified atom stereocenters. The molecule has 1 aromatic carbocycles. The summed E-state index contributed by atoms with van der Waals surface area (Å²) in [6.07, 6.45) is 0. The van der Waals surface area contributed by atoms with Gasteiger partial charge >= 0.3 is 0 Å². The molecular formula is C14H21NO3. The summed E-state index contributed by atoms with van der Waals surface area (Å²) in [4.78, 5) is 14.0. The normalized spacial score (nSPS) is 10.7. The first kappa shape index (κ1) is 14.5. The quantitative estimate of drug-likeness (QED) is 0.872. The zero-order chi connectivity index (χ0) is 13.7. The maximum atomic E-state index is 12.3. The van der Waals surface area contributed by atoms with E-state index in [9.17, 15) is 9.90 Å². The highest BCUT2D eigenvalue weighted by Crippen LogP contribution is 2.21. The molecule has 0 bridgehead atoms. The maximum absolute atomic E-state index is 12.3. The van der Waals surface area contributed by atoms with E-state index < -0.39 is 0 Å². The molecule has 0 aromatic heterocycles. The number of aromatic hydroxyl groups is 1. The van der Waals surface area contributed by atoms with Gasteiger partial charge in [0.05, 0.1) is 12.2 Å². The van der Waals surface area contributed by atoms with Crippen LogP contribution in [0, 0.1) is 6.92 Å². The standard InChI is InChI=1S/C14H21NO3/c1-10(2)15(7-8-18-4)14(17)12-6-5-11(3)9-13(12)16/h5-6,9-10,16H,7-8H2,1-4H3. The Morgan fingerprint density at radius 3 is 2.61 bits per heavy atom. The van der Waals surface area contributed by atoms with E-state index in [2.05, 4.69) is 0 Å².